The smallest absolute Gasteiger partial charge is 0.241 e. The Balaban J connectivity index is 1.60. The van der Waals surface area contributed by atoms with E-state index in [2.05, 4.69) is 19.9 Å². The Kier molecular flexibility index (Phi) is 4.22. The van der Waals surface area contributed by atoms with Gasteiger partial charge in [0.05, 0.1) is 40.4 Å². The molecule has 7 heteroatoms. The van der Waals surface area contributed by atoms with Crippen molar-refractivity contribution in [2.45, 2.75) is 26.2 Å². The van der Waals surface area contributed by atoms with Crippen molar-refractivity contribution in [1.29, 1.82) is 0 Å². The summed E-state index contributed by atoms with van der Waals surface area (Å²) in [4.78, 5) is 30.7. The zero-order valence-electron chi connectivity index (χ0n) is 17.3. The third kappa shape index (κ3) is 3.01. The number of carbonyl (C=O) groups excluding carboxylic acids is 1. The van der Waals surface area contributed by atoms with Crippen LogP contribution in [0.25, 0.3) is 22.6 Å². The molecule has 3 aromatic heterocycles. The number of hydrogen-bond donors (Lipinski definition) is 1. The first-order valence-corrected chi connectivity index (χ1v) is 9.93. The summed E-state index contributed by atoms with van der Waals surface area (Å²) < 4.78 is 14.1. The molecule has 1 N–H and O–H groups in total. The summed E-state index contributed by atoms with van der Waals surface area (Å²) in [7, 11) is 0. The van der Waals surface area contributed by atoms with E-state index >= 15 is 0 Å². The van der Waals surface area contributed by atoms with Gasteiger partial charge in [-0.15, -0.1) is 0 Å². The van der Waals surface area contributed by atoms with Gasteiger partial charge in [0, 0.05) is 23.7 Å². The Bertz CT molecular complexity index is 1310. The van der Waals surface area contributed by atoms with Gasteiger partial charge in [0.15, 0.2) is 5.82 Å². The second-order valence-electron chi connectivity index (χ2n) is 8.15. The minimum atomic E-state index is -0.657. The quantitative estimate of drug-likeness (QED) is 0.516. The zero-order chi connectivity index (χ0) is 21.8. The molecule has 0 bridgehead atoms. The van der Waals surface area contributed by atoms with Crippen LogP contribution in [0, 0.1) is 12.7 Å². The first-order valence-electron chi connectivity index (χ1n) is 9.93. The van der Waals surface area contributed by atoms with Crippen LogP contribution in [0.3, 0.4) is 0 Å². The predicted molar refractivity (Wildman–Crippen MR) is 116 cm³/mol. The van der Waals surface area contributed by atoms with Crippen LogP contribution in [0.15, 0.2) is 61.2 Å². The van der Waals surface area contributed by atoms with Gasteiger partial charge in [-0.2, -0.15) is 0 Å². The summed E-state index contributed by atoms with van der Waals surface area (Å²) in [6.07, 6.45) is 6.13. The van der Waals surface area contributed by atoms with Crippen LogP contribution in [0.4, 0.5) is 15.8 Å². The number of benzene rings is 1. The highest BCUT2D eigenvalue weighted by molar-refractivity contribution is 6.12. The molecule has 5 rings (SSSR count). The highest BCUT2D eigenvalue weighted by Crippen LogP contribution is 2.46. The Morgan fingerprint density at radius 1 is 1.10 bits per heavy atom. The third-order valence-electron chi connectivity index (χ3n) is 5.70. The molecule has 0 radical (unpaired) electrons. The maximum Gasteiger partial charge on any atom is 0.241 e. The summed E-state index contributed by atoms with van der Waals surface area (Å²) >= 11 is 0. The molecule has 0 saturated heterocycles. The van der Waals surface area contributed by atoms with E-state index in [1.165, 1.54) is 6.20 Å². The van der Waals surface area contributed by atoms with Crippen molar-refractivity contribution in [3.05, 3.63) is 78.3 Å². The van der Waals surface area contributed by atoms with Crippen LogP contribution < -0.4 is 4.90 Å². The van der Waals surface area contributed by atoms with E-state index in [0.717, 1.165) is 34.4 Å². The number of nitrogens with zero attached hydrogens (tertiary/aromatic N) is 4. The van der Waals surface area contributed by atoms with Gasteiger partial charge in [0.2, 0.25) is 5.91 Å². The van der Waals surface area contributed by atoms with E-state index in [1.807, 2.05) is 51.1 Å². The van der Waals surface area contributed by atoms with Gasteiger partial charge in [-0.05, 0) is 50.6 Å². The molecule has 31 heavy (non-hydrogen) atoms. The molecular formula is C24H20FN5O. The Morgan fingerprint density at radius 3 is 2.68 bits per heavy atom. The van der Waals surface area contributed by atoms with Gasteiger partial charge in [0.1, 0.15) is 5.82 Å². The number of fused-ring (bicyclic) bond motifs is 1. The minimum Gasteiger partial charge on any atom is -0.344 e. The third-order valence-corrected chi connectivity index (χ3v) is 5.70. The van der Waals surface area contributed by atoms with Crippen molar-refractivity contribution in [2.24, 2.45) is 0 Å². The highest BCUT2D eigenvalue weighted by atomic mass is 19.1. The minimum absolute atomic E-state index is 0.00752. The molecule has 1 aliphatic heterocycles. The number of aryl methyl sites for hydroxylation is 1. The van der Waals surface area contributed by atoms with Crippen LogP contribution in [-0.4, -0.2) is 25.8 Å². The van der Waals surface area contributed by atoms with Crippen molar-refractivity contribution in [1.82, 2.24) is 19.9 Å². The molecule has 0 aliphatic carbocycles. The number of nitrogens with one attached hydrogen (secondary N) is 1. The number of anilines is 2. The first-order chi connectivity index (χ1) is 14.9. The lowest BCUT2D eigenvalue weighted by molar-refractivity contribution is -0.121. The van der Waals surface area contributed by atoms with Crippen molar-refractivity contribution < 1.29 is 9.18 Å². The van der Waals surface area contributed by atoms with Gasteiger partial charge in [-0.3, -0.25) is 19.7 Å². The van der Waals surface area contributed by atoms with Gasteiger partial charge in [-0.1, -0.05) is 12.1 Å². The number of aromatic nitrogens is 4. The zero-order valence-corrected chi connectivity index (χ0v) is 17.3. The van der Waals surface area contributed by atoms with Crippen LogP contribution >= 0.6 is 0 Å². The van der Waals surface area contributed by atoms with Crippen molar-refractivity contribution in [2.75, 3.05) is 4.90 Å². The highest BCUT2D eigenvalue weighted by Gasteiger charge is 2.44. The maximum atomic E-state index is 14.1. The SMILES string of the molecule is Cc1ccc(N2C(=O)C(C)(C)c3ccc(-c4c[nH]c(-c5ccncc5F)n4)cc32)cn1. The molecule has 0 atom stereocenters. The van der Waals surface area contributed by atoms with Gasteiger partial charge < -0.3 is 4.98 Å². The molecular weight excluding hydrogens is 393 g/mol. The second kappa shape index (κ2) is 6.84. The average molecular weight is 413 g/mol. The van der Waals surface area contributed by atoms with Crippen molar-refractivity contribution >= 4 is 17.3 Å². The summed E-state index contributed by atoms with van der Waals surface area (Å²) in [6, 6.07) is 11.2. The number of H-pyrrole nitrogens is 1. The van der Waals surface area contributed by atoms with Crippen molar-refractivity contribution in [3.8, 4) is 22.6 Å². The Hall–Kier alpha value is -3.87. The van der Waals surface area contributed by atoms with E-state index < -0.39 is 11.2 Å². The van der Waals surface area contributed by atoms with E-state index in [0.29, 0.717) is 17.1 Å². The van der Waals surface area contributed by atoms with E-state index in [4.69, 9.17) is 0 Å². The summed E-state index contributed by atoms with van der Waals surface area (Å²) in [6.45, 7) is 5.76. The molecule has 4 heterocycles. The lowest BCUT2D eigenvalue weighted by atomic mass is 9.86. The lowest BCUT2D eigenvalue weighted by Crippen LogP contribution is -2.33. The van der Waals surface area contributed by atoms with Crippen molar-refractivity contribution in [3.63, 3.8) is 0 Å². The van der Waals surface area contributed by atoms with Crippen LogP contribution in [0.2, 0.25) is 0 Å². The normalized spacial score (nSPS) is 14.7. The topological polar surface area (TPSA) is 74.8 Å². The lowest BCUT2D eigenvalue weighted by Gasteiger charge is -2.20. The van der Waals surface area contributed by atoms with Crippen LogP contribution in [-0.2, 0) is 10.2 Å². The summed E-state index contributed by atoms with van der Waals surface area (Å²) in [5, 5.41) is 0. The fourth-order valence-corrected chi connectivity index (χ4v) is 3.93. The largest absolute Gasteiger partial charge is 0.344 e. The maximum absolute atomic E-state index is 14.1. The van der Waals surface area contributed by atoms with Gasteiger partial charge >= 0.3 is 0 Å². The molecule has 0 unspecified atom stereocenters. The molecule has 0 fully saturated rings. The molecule has 154 valence electrons. The van der Waals surface area contributed by atoms with Gasteiger partial charge in [0.25, 0.3) is 0 Å². The monoisotopic (exact) mass is 413 g/mol. The predicted octanol–water partition coefficient (Wildman–Crippen LogP) is 4.94. The van der Waals surface area contributed by atoms with E-state index in [1.54, 1.807) is 23.4 Å². The summed E-state index contributed by atoms with van der Waals surface area (Å²) in [5.74, 6) is -0.0268. The number of imidazole rings is 1. The van der Waals surface area contributed by atoms with E-state index in [-0.39, 0.29) is 5.91 Å². The molecule has 6 nitrogen and oxygen atoms in total. The molecule has 4 aromatic rings. The number of rotatable bonds is 3. The number of hydrogen-bond acceptors (Lipinski definition) is 4. The first kappa shape index (κ1) is 19.1. The Morgan fingerprint density at radius 2 is 1.94 bits per heavy atom. The molecule has 0 spiro atoms. The number of halogens is 1. The standard InChI is InChI=1S/C24H20FN5O/c1-14-4-6-16(11-27-14)30-21-10-15(5-7-18(21)24(2,3)23(30)31)20-13-28-22(29-20)17-8-9-26-12-19(17)25/h4-13H,1-3H3,(H,28,29). The molecule has 1 aromatic carbocycles. The fourth-order valence-electron chi connectivity index (χ4n) is 3.93. The second-order valence-corrected chi connectivity index (χ2v) is 8.15. The average Bonchev–Trinajstić information content (AvgIpc) is 3.32. The van der Waals surface area contributed by atoms with E-state index in [9.17, 15) is 9.18 Å². The molecule has 1 aliphatic rings. The number of amides is 1. The fraction of sp³-hybridized carbons (Fsp3) is 0.167. The molecule has 1 amide bonds. The molecule has 0 saturated carbocycles. The van der Waals surface area contributed by atoms with Gasteiger partial charge in [-0.25, -0.2) is 9.37 Å². The number of aromatic amines is 1. The number of pyridine rings is 2. The summed E-state index contributed by atoms with van der Waals surface area (Å²) in [5.41, 5.74) is 4.54. The van der Waals surface area contributed by atoms with Crippen LogP contribution in [0.5, 0.6) is 0 Å². The number of carbonyl (C=O) groups is 1. The van der Waals surface area contributed by atoms with Crippen LogP contribution in [0.1, 0.15) is 25.1 Å². The Labute approximate surface area is 178 Å².